The number of aromatic carboxylic acids is 1. The molecule has 0 amide bonds. The van der Waals surface area contributed by atoms with Crippen molar-refractivity contribution in [3.63, 3.8) is 0 Å². The molecule has 80 valence electrons. The average molecular weight is 207 g/mol. The van der Waals surface area contributed by atoms with Crippen molar-refractivity contribution in [2.24, 2.45) is 0 Å². The van der Waals surface area contributed by atoms with E-state index in [-0.39, 0.29) is 11.7 Å². The Labute approximate surface area is 87.9 Å². The molecule has 1 N–H and O–H groups in total. The minimum absolute atomic E-state index is 0.202. The van der Waals surface area contributed by atoms with Gasteiger partial charge < -0.3 is 9.84 Å². The molecular formula is C11H13NO3. The minimum atomic E-state index is -0.958. The summed E-state index contributed by atoms with van der Waals surface area (Å²) in [5, 5.41) is 8.76. The van der Waals surface area contributed by atoms with Gasteiger partial charge in [0.15, 0.2) is 0 Å². The molecule has 0 saturated heterocycles. The van der Waals surface area contributed by atoms with Crippen molar-refractivity contribution in [2.45, 2.75) is 32.3 Å². The maximum Gasteiger partial charge on any atom is 0.337 e. The molecule has 1 heterocycles. The fourth-order valence-corrected chi connectivity index (χ4v) is 1.45. The van der Waals surface area contributed by atoms with Gasteiger partial charge in [0.25, 0.3) is 0 Å². The average Bonchev–Trinajstić information content (AvgIpc) is 2.12. The number of aryl methyl sites for hydroxylation is 1. The highest BCUT2D eigenvalue weighted by Gasteiger charge is 2.20. The number of hydrogen-bond donors (Lipinski definition) is 1. The molecule has 0 radical (unpaired) electrons. The topological polar surface area (TPSA) is 59.4 Å². The molecule has 4 heteroatoms. The van der Waals surface area contributed by atoms with Crippen molar-refractivity contribution >= 4 is 5.97 Å². The van der Waals surface area contributed by atoms with Crippen molar-refractivity contribution in [1.29, 1.82) is 0 Å². The van der Waals surface area contributed by atoms with E-state index in [0.29, 0.717) is 5.88 Å². The van der Waals surface area contributed by atoms with E-state index < -0.39 is 5.97 Å². The Bertz CT molecular complexity index is 385. The molecule has 1 fully saturated rings. The Morgan fingerprint density at radius 3 is 2.80 bits per heavy atom. The summed E-state index contributed by atoms with van der Waals surface area (Å²) in [6.07, 6.45) is 4.95. The van der Waals surface area contributed by atoms with E-state index in [4.69, 9.17) is 9.84 Å². The predicted molar refractivity (Wildman–Crippen MR) is 54.2 cm³/mol. The van der Waals surface area contributed by atoms with Crippen LogP contribution in [0.15, 0.2) is 12.3 Å². The van der Waals surface area contributed by atoms with Crippen molar-refractivity contribution in [3.05, 3.63) is 23.4 Å². The largest absolute Gasteiger partial charge is 0.478 e. The van der Waals surface area contributed by atoms with Crippen LogP contribution in [-0.2, 0) is 0 Å². The van der Waals surface area contributed by atoms with Crippen LogP contribution in [0, 0.1) is 6.92 Å². The first-order valence-electron chi connectivity index (χ1n) is 5.03. The maximum absolute atomic E-state index is 10.7. The minimum Gasteiger partial charge on any atom is -0.478 e. The van der Waals surface area contributed by atoms with Crippen LogP contribution in [0.25, 0.3) is 0 Å². The number of ether oxygens (including phenoxy) is 1. The van der Waals surface area contributed by atoms with Crippen LogP contribution in [0.5, 0.6) is 5.88 Å². The number of aromatic nitrogens is 1. The summed E-state index contributed by atoms with van der Waals surface area (Å²) in [4.78, 5) is 14.7. The second kappa shape index (κ2) is 3.88. The second-order valence-electron chi connectivity index (χ2n) is 3.82. The highest BCUT2D eigenvalue weighted by atomic mass is 16.5. The number of pyridine rings is 1. The summed E-state index contributed by atoms with van der Waals surface area (Å²) < 4.78 is 5.61. The zero-order valence-corrected chi connectivity index (χ0v) is 8.56. The number of carboxylic acid groups (broad SMARTS) is 1. The van der Waals surface area contributed by atoms with Crippen LogP contribution in [0.1, 0.15) is 35.2 Å². The van der Waals surface area contributed by atoms with Gasteiger partial charge in [0.1, 0.15) is 6.10 Å². The lowest BCUT2D eigenvalue weighted by Crippen LogP contribution is -2.25. The quantitative estimate of drug-likeness (QED) is 0.823. The maximum atomic E-state index is 10.7. The lowest BCUT2D eigenvalue weighted by molar-refractivity contribution is 0.0696. The summed E-state index contributed by atoms with van der Waals surface area (Å²) in [5.41, 5.74) is 0.982. The van der Waals surface area contributed by atoms with Gasteiger partial charge in [-0.3, -0.25) is 0 Å². The number of rotatable bonds is 3. The predicted octanol–water partition coefficient (Wildman–Crippen LogP) is 2.02. The summed E-state index contributed by atoms with van der Waals surface area (Å²) in [5.74, 6) is -0.398. The molecule has 0 unspecified atom stereocenters. The van der Waals surface area contributed by atoms with Gasteiger partial charge in [0, 0.05) is 11.8 Å². The van der Waals surface area contributed by atoms with E-state index >= 15 is 0 Å². The molecule has 1 aromatic heterocycles. The molecule has 1 aliphatic carbocycles. The zero-order valence-electron chi connectivity index (χ0n) is 8.56. The Morgan fingerprint density at radius 2 is 2.33 bits per heavy atom. The third-order valence-electron chi connectivity index (χ3n) is 2.61. The third kappa shape index (κ3) is 2.09. The highest BCUT2D eigenvalue weighted by molar-refractivity contribution is 5.87. The Balaban J connectivity index is 2.14. The summed E-state index contributed by atoms with van der Waals surface area (Å²) >= 11 is 0. The summed E-state index contributed by atoms with van der Waals surface area (Å²) in [6, 6.07) is 1.59. The SMILES string of the molecule is Cc1cc(C(=O)O)cnc1OC1CCC1. The van der Waals surface area contributed by atoms with Gasteiger partial charge in [0.2, 0.25) is 5.88 Å². The molecule has 1 aliphatic rings. The summed E-state index contributed by atoms with van der Waals surface area (Å²) in [7, 11) is 0. The van der Waals surface area contributed by atoms with Gasteiger partial charge in [-0.2, -0.15) is 0 Å². The van der Waals surface area contributed by atoms with E-state index in [1.807, 2.05) is 6.92 Å². The van der Waals surface area contributed by atoms with Crippen molar-refractivity contribution in [1.82, 2.24) is 4.98 Å². The fraction of sp³-hybridized carbons (Fsp3) is 0.455. The van der Waals surface area contributed by atoms with E-state index in [1.54, 1.807) is 6.07 Å². The number of hydrogen-bond acceptors (Lipinski definition) is 3. The first-order chi connectivity index (χ1) is 7.16. The van der Waals surface area contributed by atoms with E-state index in [2.05, 4.69) is 4.98 Å². The normalized spacial score (nSPS) is 15.8. The van der Waals surface area contributed by atoms with Crippen molar-refractivity contribution < 1.29 is 14.6 Å². The fourth-order valence-electron chi connectivity index (χ4n) is 1.45. The number of nitrogens with zero attached hydrogens (tertiary/aromatic N) is 1. The second-order valence-corrected chi connectivity index (χ2v) is 3.82. The first-order valence-corrected chi connectivity index (χ1v) is 5.03. The summed E-state index contributed by atoms with van der Waals surface area (Å²) in [6.45, 7) is 1.81. The molecule has 0 bridgehead atoms. The molecule has 1 aromatic rings. The molecule has 1 saturated carbocycles. The molecule has 4 nitrogen and oxygen atoms in total. The van der Waals surface area contributed by atoms with E-state index in [1.165, 1.54) is 12.6 Å². The number of carbonyl (C=O) groups is 1. The lowest BCUT2D eigenvalue weighted by Gasteiger charge is -2.26. The molecule has 2 rings (SSSR count). The van der Waals surface area contributed by atoms with Crippen molar-refractivity contribution in [3.8, 4) is 5.88 Å². The van der Waals surface area contributed by atoms with E-state index in [0.717, 1.165) is 18.4 Å². The van der Waals surface area contributed by atoms with Crippen LogP contribution < -0.4 is 4.74 Å². The Kier molecular flexibility index (Phi) is 2.58. The number of carboxylic acids is 1. The van der Waals surface area contributed by atoms with Gasteiger partial charge in [-0.05, 0) is 32.3 Å². The molecule has 0 spiro atoms. The Morgan fingerprint density at radius 1 is 1.60 bits per heavy atom. The van der Waals surface area contributed by atoms with Crippen LogP contribution in [0.2, 0.25) is 0 Å². The smallest absolute Gasteiger partial charge is 0.337 e. The van der Waals surface area contributed by atoms with Gasteiger partial charge in [-0.25, -0.2) is 9.78 Å². The Hall–Kier alpha value is -1.58. The first kappa shape index (κ1) is 9.96. The van der Waals surface area contributed by atoms with E-state index in [9.17, 15) is 4.79 Å². The molecule has 0 aromatic carbocycles. The van der Waals surface area contributed by atoms with Gasteiger partial charge in [-0.1, -0.05) is 0 Å². The molecule has 0 atom stereocenters. The highest BCUT2D eigenvalue weighted by Crippen LogP contribution is 2.25. The molecule has 15 heavy (non-hydrogen) atoms. The lowest BCUT2D eigenvalue weighted by atomic mass is 9.96. The van der Waals surface area contributed by atoms with Gasteiger partial charge in [0.05, 0.1) is 5.56 Å². The standard InChI is InChI=1S/C11H13NO3/c1-7-5-8(11(13)14)6-12-10(7)15-9-3-2-4-9/h5-6,9H,2-4H2,1H3,(H,13,14). The van der Waals surface area contributed by atoms with Crippen LogP contribution in [0.3, 0.4) is 0 Å². The van der Waals surface area contributed by atoms with Crippen molar-refractivity contribution in [2.75, 3.05) is 0 Å². The van der Waals surface area contributed by atoms with Crippen LogP contribution in [0.4, 0.5) is 0 Å². The zero-order chi connectivity index (χ0) is 10.8. The monoisotopic (exact) mass is 207 g/mol. The molecular weight excluding hydrogens is 194 g/mol. The van der Waals surface area contributed by atoms with Crippen LogP contribution >= 0.6 is 0 Å². The van der Waals surface area contributed by atoms with Gasteiger partial charge >= 0.3 is 5.97 Å². The molecule has 0 aliphatic heterocycles. The van der Waals surface area contributed by atoms with Crippen LogP contribution in [-0.4, -0.2) is 22.2 Å². The third-order valence-corrected chi connectivity index (χ3v) is 2.61. The van der Waals surface area contributed by atoms with Gasteiger partial charge in [-0.15, -0.1) is 0 Å².